The second-order valence-corrected chi connectivity index (χ2v) is 5.91. The van der Waals surface area contributed by atoms with E-state index in [9.17, 15) is 0 Å². The third-order valence-corrected chi connectivity index (χ3v) is 4.02. The Morgan fingerprint density at radius 3 is 2.54 bits per heavy atom. The average Bonchev–Trinajstić information content (AvgIpc) is 2.62. The van der Waals surface area contributed by atoms with E-state index in [-0.39, 0.29) is 0 Å². The van der Waals surface area contributed by atoms with Crippen LogP contribution in [-0.4, -0.2) is 27.2 Å². The number of nitrogens with one attached hydrogen (secondary N) is 2. The molecule has 4 nitrogen and oxygen atoms in total. The third kappa shape index (κ3) is 5.71. The zero-order chi connectivity index (χ0) is 17.2. The summed E-state index contributed by atoms with van der Waals surface area (Å²) in [6, 6.07) is 13.8. The van der Waals surface area contributed by atoms with Crippen molar-refractivity contribution in [2.75, 3.05) is 27.2 Å². The van der Waals surface area contributed by atoms with Gasteiger partial charge in [-0.25, -0.2) is 0 Å². The summed E-state index contributed by atoms with van der Waals surface area (Å²) < 4.78 is 11.3. The first-order valence-electron chi connectivity index (χ1n) is 8.13. The predicted octanol–water partition coefficient (Wildman–Crippen LogP) is 3.63. The van der Waals surface area contributed by atoms with Gasteiger partial charge in [-0.05, 0) is 43.8 Å². The molecular weight excluding hydrogens is 324 g/mol. The van der Waals surface area contributed by atoms with Crippen molar-refractivity contribution in [3.8, 4) is 11.5 Å². The minimum atomic E-state index is 0.481. The predicted molar refractivity (Wildman–Crippen MR) is 99.0 cm³/mol. The van der Waals surface area contributed by atoms with Gasteiger partial charge in [0.25, 0.3) is 0 Å². The summed E-state index contributed by atoms with van der Waals surface area (Å²) in [7, 11) is 3.60. The Morgan fingerprint density at radius 2 is 1.83 bits per heavy atom. The molecule has 0 unspecified atom stereocenters. The van der Waals surface area contributed by atoms with E-state index in [1.165, 1.54) is 0 Å². The minimum absolute atomic E-state index is 0.481. The van der Waals surface area contributed by atoms with Crippen molar-refractivity contribution in [1.82, 2.24) is 10.6 Å². The van der Waals surface area contributed by atoms with Crippen LogP contribution in [0.25, 0.3) is 0 Å². The zero-order valence-corrected chi connectivity index (χ0v) is 15.0. The Labute approximate surface area is 149 Å². The lowest BCUT2D eigenvalue weighted by Gasteiger charge is -2.14. The highest BCUT2D eigenvalue weighted by Crippen LogP contribution is 2.33. The van der Waals surface area contributed by atoms with Gasteiger partial charge in [0, 0.05) is 17.6 Å². The first-order chi connectivity index (χ1) is 11.7. The molecule has 0 atom stereocenters. The molecule has 24 heavy (non-hydrogen) atoms. The van der Waals surface area contributed by atoms with Crippen LogP contribution in [-0.2, 0) is 13.2 Å². The highest BCUT2D eigenvalue weighted by Gasteiger charge is 2.11. The smallest absolute Gasteiger partial charge is 0.163 e. The normalized spacial score (nSPS) is 10.6. The van der Waals surface area contributed by atoms with E-state index >= 15 is 0 Å². The molecule has 0 saturated carbocycles. The van der Waals surface area contributed by atoms with Gasteiger partial charge in [0.2, 0.25) is 0 Å². The molecular formula is C19H25ClN2O2. The molecule has 0 heterocycles. The number of methoxy groups -OCH3 is 1. The highest BCUT2D eigenvalue weighted by molar-refractivity contribution is 6.31. The van der Waals surface area contributed by atoms with Crippen molar-refractivity contribution in [3.05, 3.63) is 58.6 Å². The summed E-state index contributed by atoms with van der Waals surface area (Å²) in [4.78, 5) is 0. The molecule has 0 saturated heterocycles. The molecule has 0 fully saturated rings. The summed E-state index contributed by atoms with van der Waals surface area (Å²) in [6.07, 6.45) is 1.07. The van der Waals surface area contributed by atoms with Gasteiger partial charge in [-0.2, -0.15) is 0 Å². The SMILES string of the molecule is CNCCCNCc1cc(OC)c(OCc2ccccc2)cc1Cl. The Morgan fingerprint density at radius 1 is 1.04 bits per heavy atom. The van der Waals surface area contributed by atoms with Crippen LogP contribution >= 0.6 is 11.6 Å². The Balaban J connectivity index is 1.98. The van der Waals surface area contributed by atoms with Crippen molar-refractivity contribution in [2.45, 2.75) is 19.6 Å². The fourth-order valence-corrected chi connectivity index (χ4v) is 2.55. The van der Waals surface area contributed by atoms with Crippen LogP contribution in [0.2, 0.25) is 5.02 Å². The molecule has 130 valence electrons. The van der Waals surface area contributed by atoms with Gasteiger partial charge in [-0.1, -0.05) is 41.9 Å². The lowest BCUT2D eigenvalue weighted by atomic mass is 10.2. The van der Waals surface area contributed by atoms with Crippen molar-refractivity contribution in [3.63, 3.8) is 0 Å². The summed E-state index contributed by atoms with van der Waals surface area (Å²) >= 11 is 6.39. The average molecular weight is 349 g/mol. The van der Waals surface area contributed by atoms with Crippen LogP contribution < -0.4 is 20.1 Å². The van der Waals surface area contributed by atoms with E-state index in [1.807, 2.05) is 49.5 Å². The van der Waals surface area contributed by atoms with Crippen molar-refractivity contribution < 1.29 is 9.47 Å². The second kappa shape index (κ2) is 10.2. The number of rotatable bonds is 10. The van der Waals surface area contributed by atoms with Gasteiger partial charge < -0.3 is 20.1 Å². The molecule has 2 aromatic rings. The van der Waals surface area contributed by atoms with Crippen LogP contribution in [0.4, 0.5) is 0 Å². The van der Waals surface area contributed by atoms with Gasteiger partial charge >= 0.3 is 0 Å². The zero-order valence-electron chi connectivity index (χ0n) is 14.3. The van der Waals surface area contributed by atoms with E-state index in [0.717, 1.165) is 30.6 Å². The molecule has 0 radical (unpaired) electrons. The quantitative estimate of drug-likeness (QED) is 0.643. The van der Waals surface area contributed by atoms with Crippen molar-refractivity contribution in [1.29, 1.82) is 0 Å². The van der Waals surface area contributed by atoms with Crippen LogP contribution in [0.5, 0.6) is 11.5 Å². The van der Waals surface area contributed by atoms with Gasteiger partial charge in [0.05, 0.1) is 7.11 Å². The monoisotopic (exact) mass is 348 g/mol. The molecule has 2 aromatic carbocycles. The molecule has 0 amide bonds. The molecule has 0 aliphatic heterocycles. The maximum Gasteiger partial charge on any atom is 0.163 e. The molecule has 2 N–H and O–H groups in total. The maximum absolute atomic E-state index is 6.39. The van der Waals surface area contributed by atoms with Crippen LogP contribution in [0.1, 0.15) is 17.5 Å². The van der Waals surface area contributed by atoms with E-state index in [4.69, 9.17) is 21.1 Å². The molecule has 0 aliphatic rings. The molecule has 0 aliphatic carbocycles. The largest absolute Gasteiger partial charge is 0.493 e. The Hall–Kier alpha value is -1.75. The number of ether oxygens (including phenoxy) is 2. The fraction of sp³-hybridized carbons (Fsp3) is 0.368. The Bertz CT molecular complexity index is 620. The fourth-order valence-electron chi connectivity index (χ4n) is 2.33. The molecule has 5 heteroatoms. The maximum atomic E-state index is 6.39. The van der Waals surface area contributed by atoms with E-state index in [1.54, 1.807) is 7.11 Å². The molecule has 0 spiro atoms. The number of benzene rings is 2. The summed E-state index contributed by atoms with van der Waals surface area (Å²) in [5.41, 5.74) is 2.11. The van der Waals surface area contributed by atoms with Gasteiger partial charge in [0.1, 0.15) is 6.61 Å². The van der Waals surface area contributed by atoms with Crippen LogP contribution in [0.15, 0.2) is 42.5 Å². The van der Waals surface area contributed by atoms with Crippen molar-refractivity contribution >= 4 is 11.6 Å². The number of hydrogen-bond acceptors (Lipinski definition) is 4. The summed E-state index contributed by atoms with van der Waals surface area (Å²) in [5, 5.41) is 7.19. The summed E-state index contributed by atoms with van der Waals surface area (Å²) in [6.45, 7) is 3.12. The van der Waals surface area contributed by atoms with Crippen LogP contribution in [0, 0.1) is 0 Å². The second-order valence-electron chi connectivity index (χ2n) is 5.50. The van der Waals surface area contributed by atoms with E-state index in [2.05, 4.69) is 10.6 Å². The molecule has 0 bridgehead atoms. The van der Waals surface area contributed by atoms with Gasteiger partial charge in [0.15, 0.2) is 11.5 Å². The third-order valence-electron chi connectivity index (χ3n) is 3.67. The lowest BCUT2D eigenvalue weighted by Crippen LogP contribution is -2.19. The van der Waals surface area contributed by atoms with Crippen LogP contribution in [0.3, 0.4) is 0 Å². The lowest BCUT2D eigenvalue weighted by molar-refractivity contribution is 0.284. The molecule has 0 aromatic heterocycles. The first-order valence-corrected chi connectivity index (χ1v) is 8.51. The Kier molecular flexibility index (Phi) is 7.89. The van der Waals surface area contributed by atoms with E-state index < -0.39 is 0 Å². The van der Waals surface area contributed by atoms with Gasteiger partial charge in [-0.3, -0.25) is 0 Å². The van der Waals surface area contributed by atoms with E-state index in [0.29, 0.717) is 29.7 Å². The highest BCUT2D eigenvalue weighted by atomic mass is 35.5. The minimum Gasteiger partial charge on any atom is -0.493 e. The summed E-state index contributed by atoms with van der Waals surface area (Å²) in [5.74, 6) is 1.35. The van der Waals surface area contributed by atoms with Crippen molar-refractivity contribution in [2.24, 2.45) is 0 Å². The molecule has 2 rings (SSSR count). The van der Waals surface area contributed by atoms with Gasteiger partial charge in [-0.15, -0.1) is 0 Å². The standard InChI is InChI=1S/C19H25ClN2O2/c1-21-9-6-10-22-13-16-11-18(23-2)19(12-17(16)20)24-14-15-7-4-3-5-8-15/h3-5,7-8,11-12,21-22H,6,9-10,13-14H2,1-2H3. The first kappa shape index (κ1) is 18.6. The number of hydrogen-bond donors (Lipinski definition) is 2. The topological polar surface area (TPSA) is 42.5 Å². The number of halogens is 1.